The number of carboxylic acids is 1. The second-order valence-electron chi connectivity index (χ2n) is 3.32. The van der Waals surface area contributed by atoms with Crippen molar-refractivity contribution in [1.82, 2.24) is 9.38 Å². The van der Waals surface area contributed by atoms with Gasteiger partial charge in [0.05, 0.1) is 5.56 Å². The van der Waals surface area contributed by atoms with Crippen molar-refractivity contribution in [1.29, 1.82) is 0 Å². The molecule has 0 unspecified atom stereocenters. The third-order valence-electron chi connectivity index (χ3n) is 2.14. The molecule has 9 heteroatoms. The molecule has 0 aromatic carbocycles. The van der Waals surface area contributed by atoms with E-state index in [2.05, 4.69) is 20.9 Å². The largest absolute Gasteiger partial charge is 0.476 e. The molecule has 0 radical (unpaired) electrons. The highest BCUT2D eigenvalue weighted by atomic mass is 127. The first-order valence-corrected chi connectivity index (χ1v) is 6.26. The van der Waals surface area contributed by atoms with Gasteiger partial charge < -0.3 is 5.11 Å². The van der Waals surface area contributed by atoms with E-state index in [0.717, 1.165) is 10.5 Å². The molecule has 2 aromatic rings. The van der Waals surface area contributed by atoms with Crippen LogP contribution < -0.4 is 0 Å². The number of aromatic carboxylic acids is 1. The van der Waals surface area contributed by atoms with E-state index in [1.54, 1.807) is 22.6 Å². The fourth-order valence-corrected chi connectivity index (χ4v) is 2.55. The van der Waals surface area contributed by atoms with Gasteiger partial charge in [0.25, 0.3) is 0 Å². The minimum absolute atomic E-state index is 0.0194. The fraction of sp³-hybridized carbons (Fsp3) is 0.111. The maximum Gasteiger partial charge on any atom is 0.420 e. The van der Waals surface area contributed by atoms with E-state index >= 15 is 0 Å². The van der Waals surface area contributed by atoms with Crippen LogP contribution in [0.4, 0.5) is 13.2 Å². The van der Waals surface area contributed by atoms with Crippen LogP contribution in [0.1, 0.15) is 16.1 Å². The van der Waals surface area contributed by atoms with Gasteiger partial charge in [-0.05, 0) is 44.6 Å². The molecule has 1 N–H and O–H groups in total. The summed E-state index contributed by atoms with van der Waals surface area (Å²) < 4.78 is 39.8. The fourth-order valence-electron chi connectivity index (χ4n) is 1.43. The van der Waals surface area contributed by atoms with Gasteiger partial charge in [0.15, 0.2) is 11.3 Å². The normalized spacial score (nSPS) is 12.1. The monoisotopic (exact) mass is 434 g/mol. The van der Waals surface area contributed by atoms with Gasteiger partial charge in [0.1, 0.15) is 4.60 Å². The first-order valence-electron chi connectivity index (χ1n) is 4.39. The summed E-state index contributed by atoms with van der Waals surface area (Å²) in [5, 5.41) is 8.84. The van der Waals surface area contributed by atoms with Crippen molar-refractivity contribution in [2.75, 3.05) is 0 Å². The summed E-state index contributed by atoms with van der Waals surface area (Å²) in [6.45, 7) is 0. The van der Waals surface area contributed by atoms with Crippen molar-refractivity contribution < 1.29 is 23.1 Å². The van der Waals surface area contributed by atoms with Crippen LogP contribution >= 0.6 is 38.5 Å². The topological polar surface area (TPSA) is 54.6 Å². The van der Waals surface area contributed by atoms with Gasteiger partial charge in [-0.2, -0.15) is 13.2 Å². The summed E-state index contributed by atoms with van der Waals surface area (Å²) in [6.07, 6.45) is -3.22. The van der Waals surface area contributed by atoms with Crippen molar-refractivity contribution in [3.63, 3.8) is 0 Å². The number of hydrogen-bond acceptors (Lipinski definition) is 2. The lowest BCUT2D eigenvalue weighted by Gasteiger charge is -2.08. The highest BCUT2D eigenvalue weighted by Gasteiger charge is 2.35. The molecule has 0 saturated heterocycles. The van der Waals surface area contributed by atoms with Crippen LogP contribution in [-0.4, -0.2) is 20.5 Å². The smallest absolute Gasteiger partial charge is 0.420 e. The minimum atomic E-state index is -4.59. The Labute approximate surface area is 120 Å². The van der Waals surface area contributed by atoms with Gasteiger partial charge in [-0.25, -0.2) is 9.78 Å². The molecule has 0 amide bonds. The van der Waals surface area contributed by atoms with E-state index in [-0.39, 0.29) is 4.60 Å². The van der Waals surface area contributed by atoms with Crippen LogP contribution in [0.2, 0.25) is 0 Å². The zero-order valence-electron chi connectivity index (χ0n) is 8.29. The lowest BCUT2D eigenvalue weighted by molar-refractivity contribution is -0.136. The number of imidazole rings is 1. The van der Waals surface area contributed by atoms with Gasteiger partial charge in [-0.3, -0.25) is 4.40 Å². The van der Waals surface area contributed by atoms with E-state index in [4.69, 9.17) is 5.11 Å². The number of halogens is 5. The number of pyridine rings is 1. The summed E-state index contributed by atoms with van der Waals surface area (Å²) in [5.74, 6) is -1.39. The zero-order chi connectivity index (χ0) is 13.7. The van der Waals surface area contributed by atoms with Crippen LogP contribution in [0.3, 0.4) is 0 Å². The third-order valence-corrected chi connectivity index (χ3v) is 3.48. The van der Waals surface area contributed by atoms with Crippen molar-refractivity contribution in [2.45, 2.75) is 6.18 Å². The zero-order valence-corrected chi connectivity index (χ0v) is 12.0. The molecule has 0 fully saturated rings. The van der Waals surface area contributed by atoms with Crippen molar-refractivity contribution in [3.8, 4) is 0 Å². The van der Waals surface area contributed by atoms with Crippen molar-refractivity contribution >= 4 is 50.1 Å². The molecule has 0 spiro atoms. The van der Waals surface area contributed by atoms with Gasteiger partial charge >= 0.3 is 12.1 Å². The number of alkyl halides is 3. The molecular formula is C9H3BrF3IN2O2. The molecule has 2 heterocycles. The highest BCUT2D eigenvalue weighted by Crippen LogP contribution is 2.35. The van der Waals surface area contributed by atoms with Crippen molar-refractivity contribution in [3.05, 3.63) is 31.7 Å². The Hall–Kier alpha value is -0.840. The van der Waals surface area contributed by atoms with E-state index < -0.39 is 29.1 Å². The van der Waals surface area contributed by atoms with E-state index in [1.165, 1.54) is 6.20 Å². The van der Waals surface area contributed by atoms with Gasteiger partial charge in [-0.1, -0.05) is 0 Å². The summed E-state index contributed by atoms with van der Waals surface area (Å²) in [6, 6.07) is 0.918. The lowest BCUT2D eigenvalue weighted by atomic mass is 10.2. The van der Waals surface area contributed by atoms with Crippen LogP contribution in [0.25, 0.3) is 5.65 Å². The molecule has 0 saturated carbocycles. The quantitative estimate of drug-likeness (QED) is 0.700. The molecule has 0 aliphatic carbocycles. The second-order valence-corrected chi connectivity index (χ2v) is 5.32. The van der Waals surface area contributed by atoms with E-state index in [0.29, 0.717) is 3.57 Å². The molecule has 96 valence electrons. The maximum absolute atomic E-state index is 12.8. The minimum Gasteiger partial charge on any atom is -0.476 e. The maximum atomic E-state index is 12.8. The first kappa shape index (κ1) is 13.6. The molecule has 0 aliphatic heterocycles. The first-order chi connectivity index (χ1) is 8.21. The molecule has 0 atom stereocenters. The predicted octanol–water partition coefficient (Wildman–Crippen LogP) is 3.42. The SMILES string of the molecule is O=C(O)c1nc2c(C(F)(F)F)cc(I)cn2c1Br. The molecule has 0 bridgehead atoms. The van der Waals surface area contributed by atoms with Crippen molar-refractivity contribution in [2.24, 2.45) is 0 Å². The van der Waals surface area contributed by atoms with Crippen LogP contribution in [0.15, 0.2) is 16.9 Å². The van der Waals surface area contributed by atoms with Crippen LogP contribution in [0.5, 0.6) is 0 Å². The molecule has 2 aromatic heterocycles. The van der Waals surface area contributed by atoms with E-state index in [1.807, 2.05) is 0 Å². The number of fused-ring (bicyclic) bond motifs is 1. The molecule has 0 aliphatic rings. The summed E-state index contributed by atoms with van der Waals surface area (Å²) in [4.78, 5) is 14.4. The van der Waals surface area contributed by atoms with Gasteiger partial charge in [0.2, 0.25) is 0 Å². The number of carbonyl (C=O) groups is 1. The summed E-state index contributed by atoms with van der Waals surface area (Å²) >= 11 is 4.66. The molecular weight excluding hydrogens is 432 g/mol. The van der Waals surface area contributed by atoms with Gasteiger partial charge in [-0.15, -0.1) is 0 Å². The average molecular weight is 435 g/mol. The molecule has 2 rings (SSSR count). The van der Waals surface area contributed by atoms with Crippen LogP contribution in [-0.2, 0) is 6.18 Å². The molecule has 18 heavy (non-hydrogen) atoms. The Balaban J connectivity index is 2.89. The number of rotatable bonds is 1. The Morgan fingerprint density at radius 3 is 2.61 bits per heavy atom. The predicted molar refractivity (Wildman–Crippen MR) is 67.6 cm³/mol. The van der Waals surface area contributed by atoms with E-state index in [9.17, 15) is 18.0 Å². The Kier molecular flexibility index (Phi) is 3.30. The number of hydrogen-bond donors (Lipinski definition) is 1. The van der Waals surface area contributed by atoms with Crippen LogP contribution in [0, 0.1) is 3.57 Å². The summed E-state index contributed by atoms with van der Waals surface area (Å²) in [7, 11) is 0. The standard InChI is InChI=1S/C9H3BrF3IN2O2/c10-6-5(8(17)18)15-7-4(9(11,12)13)1-3(14)2-16(6)7/h1-2H,(H,17,18). The summed E-state index contributed by atoms with van der Waals surface area (Å²) in [5.41, 5.74) is -1.86. The third kappa shape index (κ3) is 2.20. The Morgan fingerprint density at radius 1 is 1.50 bits per heavy atom. The second kappa shape index (κ2) is 4.37. The number of carboxylic acid groups (broad SMARTS) is 1. The average Bonchev–Trinajstić information content (AvgIpc) is 2.54. The molecule has 4 nitrogen and oxygen atoms in total. The Bertz CT molecular complexity index is 653. The Morgan fingerprint density at radius 2 is 2.11 bits per heavy atom. The number of nitrogens with zero attached hydrogens (tertiary/aromatic N) is 2. The van der Waals surface area contributed by atoms with Gasteiger partial charge in [0, 0.05) is 9.77 Å². The number of aromatic nitrogens is 2. The highest BCUT2D eigenvalue weighted by molar-refractivity contribution is 14.1. The lowest BCUT2D eigenvalue weighted by Crippen LogP contribution is -2.08.